The third-order valence-corrected chi connectivity index (χ3v) is 7.01. The predicted octanol–water partition coefficient (Wildman–Crippen LogP) is 3.84. The quantitative estimate of drug-likeness (QED) is 0.785. The van der Waals surface area contributed by atoms with Crippen molar-refractivity contribution in [2.45, 2.75) is 23.3 Å². The number of benzene rings is 2. The molecule has 110 valence electrons. The van der Waals surface area contributed by atoms with Gasteiger partial charge in [0.15, 0.2) is 0 Å². The normalized spacial score (nSPS) is 17.2. The maximum absolute atomic E-state index is 5.54. The number of methoxy groups -OCH3 is 2. The second kappa shape index (κ2) is 6.15. The molecule has 1 aliphatic carbocycles. The van der Waals surface area contributed by atoms with Crippen LogP contribution in [0.3, 0.4) is 0 Å². The summed E-state index contributed by atoms with van der Waals surface area (Å²) < 4.78 is 11.9. The summed E-state index contributed by atoms with van der Waals surface area (Å²) in [6, 6.07) is 12.8. The van der Waals surface area contributed by atoms with Crippen molar-refractivity contribution >= 4 is 15.8 Å². The summed E-state index contributed by atoms with van der Waals surface area (Å²) in [7, 11) is 3.43. The molecule has 0 fully saturated rings. The number of ether oxygens (including phenoxy) is 2. The van der Waals surface area contributed by atoms with E-state index >= 15 is 0 Å². The Hall–Kier alpha value is -1.40. The summed E-state index contributed by atoms with van der Waals surface area (Å²) in [6.45, 7) is 0. The zero-order valence-electron chi connectivity index (χ0n) is 12.8. The van der Waals surface area contributed by atoms with Crippen LogP contribution in [0.2, 0.25) is 5.71 Å². The fraction of sp³-hybridized carbons (Fsp3) is 0.333. The average Bonchev–Trinajstić information content (AvgIpc) is 2.96. The summed E-state index contributed by atoms with van der Waals surface area (Å²) in [5.74, 6) is 1.74. The molecule has 2 aromatic rings. The molecule has 0 aliphatic heterocycles. The van der Waals surface area contributed by atoms with Crippen molar-refractivity contribution in [2.75, 3.05) is 14.2 Å². The van der Waals surface area contributed by atoms with Crippen LogP contribution in [0.4, 0.5) is 0 Å². The van der Waals surface area contributed by atoms with Crippen LogP contribution in [0, 0.1) is 0 Å². The first-order valence-corrected chi connectivity index (χ1v) is 10.6. The molecule has 0 spiro atoms. The zero-order chi connectivity index (χ0) is 14.8. The third kappa shape index (κ3) is 2.58. The molecule has 0 aromatic heterocycles. The van der Waals surface area contributed by atoms with Crippen LogP contribution in [0.25, 0.3) is 11.1 Å². The van der Waals surface area contributed by atoms with Crippen molar-refractivity contribution in [3.8, 4) is 22.6 Å². The van der Waals surface area contributed by atoms with Gasteiger partial charge in [0, 0.05) is 0 Å². The van der Waals surface area contributed by atoms with E-state index in [1.54, 1.807) is 19.8 Å². The Morgan fingerprint density at radius 2 is 1.76 bits per heavy atom. The maximum atomic E-state index is 5.54. The van der Waals surface area contributed by atoms with E-state index in [0.29, 0.717) is 0 Å². The van der Waals surface area contributed by atoms with Crippen molar-refractivity contribution in [1.29, 1.82) is 0 Å². The topological polar surface area (TPSA) is 18.5 Å². The van der Waals surface area contributed by atoms with Crippen LogP contribution in [0.15, 0.2) is 36.4 Å². The average molecular weight is 344 g/mol. The van der Waals surface area contributed by atoms with E-state index in [1.807, 2.05) is 18.2 Å². The fourth-order valence-corrected chi connectivity index (χ4v) is 5.32. The summed E-state index contributed by atoms with van der Waals surface area (Å²) in [4.78, 5) is 0. The van der Waals surface area contributed by atoms with Gasteiger partial charge in [0.2, 0.25) is 0 Å². The van der Waals surface area contributed by atoms with Gasteiger partial charge in [0.25, 0.3) is 0 Å². The SMILES string of the molecule is COc1cccc(OC)c1-c1ccc2c(c1)C([AsH]C)CC2. The van der Waals surface area contributed by atoms with Crippen LogP contribution < -0.4 is 9.47 Å². The molecule has 3 rings (SSSR count). The van der Waals surface area contributed by atoms with Crippen LogP contribution in [0.5, 0.6) is 11.5 Å². The van der Waals surface area contributed by atoms with Gasteiger partial charge in [0.1, 0.15) is 0 Å². The van der Waals surface area contributed by atoms with Gasteiger partial charge in [-0.25, -0.2) is 0 Å². The molecule has 2 atom stereocenters. The molecule has 0 radical (unpaired) electrons. The summed E-state index contributed by atoms with van der Waals surface area (Å²) >= 11 is 0.115. The Kier molecular flexibility index (Phi) is 4.26. The van der Waals surface area contributed by atoms with Crippen molar-refractivity contribution in [3.05, 3.63) is 47.5 Å². The first-order chi connectivity index (χ1) is 10.3. The van der Waals surface area contributed by atoms with Gasteiger partial charge in [-0.05, 0) is 0 Å². The van der Waals surface area contributed by atoms with Gasteiger partial charge in [0.05, 0.1) is 0 Å². The van der Waals surface area contributed by atoms with E-state index in [-0.39, 0.29) is 15.8 Å². The number of rotatable bonds is 4. The standard InChI is InChI=1S/C18H21AsO2/c1-19-15-10-9-12-7-8-13(11-14(12)15)18-16(20-2)5-4-6-17(18)21-3/h4-8,11,15,19H,9-10H2,1-3H3. The summed E-state index contributed by atoms with van der Waals surface area (Å²) in [5.41, 5.74) is 7.75. The van der Waals surface area contributed by atoms with Gasteiger partial charge in [-0.2, -0.15) is 0 Å². The second-order valence-corrected chi connectivity index (χ2v) is 8.00. The molecule has 0 N–H and O–H groups in total. The Bertz CT molecular complexity index is 629. The van der Waals surface area contributed by atoms with E-state index in [4.69, 9.17) is 9.47 Å². The van der Waals surface area contributed by atoms with Gasteiger partial charge < -0.3 is 0 Å². The van der Waals surface area contributed by atoms with Gasteiger partial charge in [-0.15, -0.1) is 0 Å². The minimum absolute atomic E-state index is 0.115. The van der Waals surface area contributed by atoms with E-state index < -0.39 is 0 Å². The molecule has 0 saturated carbocycles. The van der Waals surface area contributed by atoms with Crippen LogP contribution >= 0.6 is 0 Å². The zero-order valence-corrected chi connectivity index (χ0v) is 14.9. The fourth-order valence-electron chi connectivity index (χ4n) is 3.19. The Labute approximate surface area is 133 Å². The van der Waals surface area contributed by atoms with E-state index in [0.717, 1.165) is 21.8 Å². The molecule has 2 unspecified atom stereocenters. The molecule has 0 bridgehead atoms. The third-order valence-electron chi connectivity index (χ3n) is 4.29. The molecule has 21 heavy (non-hydrogen) atoms. The van der Waals surface area contributed by atoms with Crippen LogP contribution in [-0.4, -0.2) is 30.0 Å². The molecular formula is C18H21AsO2. The number of hydrogen-bond donors (Lipinski definition) is 0. The van der Waals surface area contributed by atoms with E-state index in [9.17, 15) is 0 Å². The Morgan fingerprint density at radius 3 is 2.38 bits per heavy atom. The first kappa shape index (κ1) is 14.5. The minimum atomic E-state index is 0.115. The molecule has 2 aromatic carbocycles. The predicted molar refractivity (Wildman–Crippen MR) is 89.1 cm³/mol. The number of fused-ring (bicyclic) bond motifs is 1. The molecule has 0 heterocycles. The number of aryl methyl sites for hydroxylation is 1. The van der Waals surface area contributed by atoms with Crippen LogP contribution in [-0.2, 0) is 6.42 Å². The molecular weight excluding hydrogens is 323 g/mol. The van der Waals surface area contributed by atoms with E-state index in [1.165, 1.54) is 24.0 Å². The first-order valence-electron chi connectivity index (χ1n) is 7.30. The van der Waals surface area contributed by atoms with Crippen molar-refractivity contribution in [1.82, 2.24) is 0 Å². The van der Waals surface area contributed by atoms with Gasteiger partial charge in [-0.1, -0.05) is 0 Å². The monoisotopic (exact) mass is 344 g/mol. The summed E-state index contributed by atoms with van der Waals surface area (Å²) in [6.07, 6.45) is 2.57. The summed E-state index contributed by atoms with van der Waals surface area (Å²) in [5, 5.41) is 0. The van der Waals surface area contributed by atoms with Crippen LogP contribution in [0.1, 0.15) is 22.3 Å². The Morgan fingerprint density at radius 1 is 1.05 bits per heavy atom. The molecule has 0 saturated heterocycles. The van der Waals surface area contributed by atoms with Crippen molar-refractivity contribution < 1.29 is 9.47 Å². The van der Waals surface area contributed by atoms with E-state index in [2.05, 4.69) is 23.9 Å². The Balaban J connectivity index is 2.14. The van der Waals surface area contributed by atoms with Crippen molar-refractivity contribution in [2.24, 2.45) is 0 Å². The van der Waals surface area contributed by atoms with Crippen molar-refractivity contribution in [3.63, 3.8) is 0 Å². The van der Waals surface area contributed by atoms with Gasteiger partial charge in [-0.3, -0.25) is 0 Å². The number of hydrogen-bond acceptors (Lipinski definition) is 2. The molecule has 2 nitrogen and oxygen atoms in total. The van der Waals surface area contributed by atoms with Gasteiger partial charge >= 0.3 is 133 Å². The second-order valence-electron chi connectivity index (χ2n) is 5.33. The molecule has 0 amide bonds. The molecule has 3 heteroatoms. The molecule has 1 aliphatic rings.